The quantitative estimate of drug-likeness (QED) is 0.309. The van der Waals surface area contributed by atoms with Crippen LogP contribution in [0.25, 0.3) is 0 Å². The number of carbonyl (C=O) groups is 2. The van der Waals surface area contributed by atoms with Gasteiger partial charge in [0.2, 0.25) is 5.91 Å². The van der Waals surface area contributed by atoms with E-state index in [1.165, 1.54) is 0 Å². The number of halogens is 1. The van der Waals surface area contributed by atoms with Gasteiger partial charge in [-0.15, -0.1) is 24.0 Å². The van der Waals surface area contributed by atoms with Gasteiger partial charge in [0.15, 0.2) is 11.7 Å². The highest BCUT2D eigenvalue weighted by Gasteiger charge is 2.35. The zero-order chi connectivity index (χ0) is 18.6. The summed E-state index contributed by atoms with van der Waals surface area (Å²) in [6, 6.07) is 3.25. The van der Waals surface area contributed by atoms with Crippen molar-refractivity contribution in [3.05, 3.63) is 23.7 Å². The first-order valence-electron chi connectivity index (χ1n) is 8.14. The number of hydrogen-bond acceptors (Lipinski definition) is 5. The maximum Gasteiger partial charge on any atom is 0.284 e. The van der Waals surface area contributed by atoms with E-state index in [-0.39, 0.29) is 35.6 Å². The highest BCUT2D eigenvalue weighted by atomic mass is 127. The standard InChI is InChI=1S/C16H26N6O3.HI/c1-16(2,14(18)24)22-8-6-21(7-9-22)15(19-3)20-10-11-4-5-12(25-11)13(17)23;/h4-5H,6-10H2,1-3H3,(H2,17,23)(H2,18,24)(H,19,20);1H. The third-order valence-electron chi connectivity index (χ3n) is 4.51. The van der Waals surface area contributed by atoms with Crippen molar-refractivity contribution in [3.8, 4) is 0 Å². The van der Waals surface area contributed by atoms with Crippen LogP contribution >= 0.6 is 24.0 Å². The average Bonchev–Trinajstić information content (AvgIpc) is 3.05. The van der Waals surface area contributed by atoms with E-state index in [1.807, 2.05) is 13.8 Å². The lowest BCUT2D eigenvalue weighted by atomic mass is 10.0. The Labute approximate surface area is 170 Å². The van der Waals surface area contributed by atoms with E-state index in [1.54, 1.807) is 19.2 Å². The van der Waals surface area contributed by atoms with Crippen LogP contribution in [0.15, 0.2) is 21.5 Å². The van der Waals surface area contributed by atoms with Gasteiger partial charge in [-0.25, -0.2) is 0 Å². The van der Waals surface area contributed by atoms with Crippen molar-refractivity contribution < 1.29 is 14.0 Å². The van der Waals surface area contributed by atoms with Crippen LogP contribution in [0.1, 0.15) is 30.2 Å². The number of primary amides is 2. The molecule has 2 rings (SSSR count). The Hall–Kier alpha value is -1.82. The third-order valence-corrected chi connectivity index (χ3v) is 4.51. The summed E-state index contributed by atoms with van der Waals surface area (Å²) in [5, 5.41) is 3.20. The van der Waals surface area contributed by atoms with Crippen LogP contribution in [0.4, 0.5) is 0 Å². The molecule has 0 aliphatic carbocycles. The van der Waals surface area contributed by atoms with E-state index in [0.717, 1.165) is 19.0 Å². The molecule has 1 saturated heterocycles. The zero-order valence-corrected chi connectivity index (χ0v) is 17.6. The van der Waals surface area contributed by atoms with Crippen LogP contribution in [0.5, 0.6) is 0 Å². The highest BCUT2D eigenvalue weighted by Crippen LogP contribution is 2.16. The van der Waals surface area contributed by atoms with Crippen LogP contribution < -0.4 is 16.8 Å². The minimum Gasteiger partial charge on any atom is -0.454 e. The zero-order valence-electron chi connectivity index (χ0n) is 15.3. The number of piperazine rings is 1. The van der Waals surface area contributed by atoms with Gasteiger partial charge in [-0.3, -0.25) is 19.5 Å². The van der Waals surface area contributed by atoms with Gasteiger partial charge in [-0.1, -0.05) is 0 Å². The summed E-state index contributed by atoms with van der Waals surface area (Å²) < 4.78 is 5.35. The molecule has 0 atom stereocenters. The van der Waals surface area contributed by atoms with Crippen LogP contribution in [0.2, 0.25) is 0 Å². The molecule has 26 heavy (non-hydrogen) atoms. The summed E-state index contributed by atoms with van der Waals surface area (Å²) in [5.41, 5.74) is 9.99. The summed E-state index contributed by atoms with van der Waals surface area (Å²) in [4.78, 5) is 31.1. The fourth-order valence-electron chi connectivity index (χ4n) is 2.74. The molecule has 1 aromatic heterocycles. The number of nitrogens with one attached hydrogen (secondary N) is 1. The largest absolute Gasteiger partial charge is 0.454 e. The van der Waals surface area contributed by atoms with E-state index in [4.69, 9.17) is 15.9 Å². The van der Waals surface area contributed by atoms with Crippen molar-refractivity contribution >= 4 is 41.8 Å². The number of amides is 2. The first-order chi connectivity index (χ1) is 11.8. The first-order valence-corrected chi connectivity index (χ1v) is 8.14. The number of aliphatic imine (C=N–C) groups is 1. The molecule has 2 amide bonds. The van der Waals surface area contributed by atoms with Gasteiger partial charge in [0, 0.05) is 33.2 Å². The molecule has 0 unspecified atom stereocenters. The smallest absolute Gasteiger partial charge is 0.284 e. The predicted molar refractivity (Wildman–Crippen MR) is 109 cm³/mol. The van der Waals surface area contributed by atoms with Gasteiger partial charge in [-0.2, -0.15) is 0 Å². The Kier molecular flexibility index (Phi) is 7.87. The van der Waals surface area contributed by atoms with Crippen molar-refractivity contribution in [3.63, 3.8) is 0 Å². The summed E-state index contributed by atoms with van der Waals surface area (Å²) >= 11 is 0. The maximum atomic E-state index is 11.6. The molecule has 0 aromatic carbocycles. The fourth-order valence-corrected chi connectivity index (χ4v) is 2.74. The molecule has 1 fully saturated rings. The van der Waals surface area contributed by atoms with Crippen LogP contribution in [-0.2, 0) is 11.3 Å². The second kappa shape index (κ2) is 9.21. The molecule has 1 aliphatic rings. The SMILES string of the molecule is CN=C(NCc1ccc(C(N)=O)o1)N1CCN(C(C)(C)C(N)=O)CC1.I. The van der Waals surface area contributed by atoms with Gasteiger partial charge >= 0.3 is 0 Å². The van der Waals surface area contributed by atoms with E-state index < -0.39 is 11.4 Å². The van der Waals surface area contributed by atoms with Crippen molar-refractivity contribution in [2.75, 3.05) is 33.2 Å². The van der Waals surface area contributed by atoms with E-state index in [2.05, 4.69) is 20.1 Å². The summed E-state index contributed by atoms with van der Waals surface area (Å²) in [5.74, 6) is 0.543. The van der Waals surface area contributed by atoms with Crippen molar-refractivity contribution in [1.29, 1.82) is 0 Å². The topological polar surface area (TPSA) is 130 Å². The molecule has 5 N–H and O–H groups in total. The number of nitrogens with two attached hydrogens (primary N) is 2. The van der Waals surface area contributed by atoms with Crippen LogP contribution in [0, 0.1) is 0 Å². The molecule has 1 aliphatic heterocycles. The Morgan fingerprint density at radius 3 is 2.31 bits per heavy atom. The lowest BCUT2D eigenvalue weighted by Crippen LogP contribution is -2.61. The second-order valence-corrected chi connectivity index (χ2v) is 6.43. The minimum atomic E-state index is -0.664. The molecule has 0 spiro atoms. The molecule has 1 aromatic rings. The van der Waals surface area contributed by atoms with E-state index >= 15 is 0 Å². The number of hydrogen-bond donors (Lipinski definition) is 3. The fraction of sp³-hybridized carbons (Fsp3) is 0.562. The Balaban J connectivity index is 0.00000338. The molecule has 10 heteroatoms. The lowest BCUT2D eigenvalue weighted by Gasteiger charge is -2.43. The van der Waals surface area contributed by atoms with Gasteiger partial charge in [0.05, 0.1) is 12.1 Å². The Morgan fingerprint density at radius 2 is 1.85 bits per heavy atom. The van der Waals surface area contributed by atoms with Crippen LogP contribution in [0.3, 0.4) is 0 Å². The van der Waals surface area contributed by atoms with Crippen molar-refractivity contribution in [2.45, 2.75) is 25.9 Å². The van der Waals surface area contributed by atoms with Gasteiger partial charge < -0.3 is 26.1 Å². The number of rotatable bonds is 5. The molecule has 0 saturated carbocycles. The lowest BCUT2D eigenvalue weighted by molar-refractivity contribution is -0.129. The Morgan fingerprint density at radius 1 is 1.23 bits per heavy atom. The van der Waals surface area contributed by atoms with Crippen LogP contribution in [-0.4, -0.2) is 66.3 Å². The molecule has 0 bridgehead atoms. The van der Waals surface area contributed by atoms with Gasteiger partial charge in [-0.05, 0) is 26.0 Å². The van der Waals surface area contributed by atoms with Crippen molar-refractivity contribution in [1.82, 2.24) is 15.1 Å². The minimum absolute atomic E-state index is 0. The second-order valence-electron chi connectivity index (χ2n) is 6.43. The maximum absolute atomic E-state index is 11.6. The molecular weight excluding hydrogens is 451 g/mol. The normalized spacial score (nSPS) is 16.1. The molecule has 146 valence electrons. The third kappa shape index (κ3) is 5.10. The summed E-state index contributed by atoms with van der Waals surface area (Å²) in [6.07, 6.45) is 0. The van der Waals surface area contributed by atoms with E-state index in [0.29, 0.717) is 25.4 Å². The predicted octanol–water partition coefficient (Wildman–Crippen LogP) is -0.0466. The molecular formula is C16H27IN6O3. The monoisotopic (exact) mass is 478 g/mol. The Bertz CT molecular complexity index is 665. The van der Waals surface area contributed by atoms with Crippen molar-refractivity contribution in [2.24, 2.45) is 16.5 Å². The number of guanidine groups is 1. The van der Waals surface area contributed by atoms with E-state index in [9.17, 15) is 9.59 Å². The highest BCUT2D eigenvalue weighted by molar-refractivity contribution is 14.0. The molecule has 0 radical (unpaired) electrons. The molecule has 9 nitrogen and oxygen atoms in total. The number of furan rings is 1. The number of nitrogens with zero attached hydrogens (tertiary/aromatic N) is 3. The summed E-state index contributed by atoms with van der Waals surface area (Å²) in [7, 11) is 1.71. The average molecular weight is 478 g/mol. The molecule has 2 heterocycles. The first kappa shape index (κ1) is 22.2. The summed E-state index contributed by atoms with van der Waals surface area (Å²) in [6.45, 7) is 6.94. The van der Waals surface area contributed by atoms with Gasteiger partial charge in [0.25, 0.3) is 5.91 Å². The van der Waals surface area contributed by atoms with Gasteiger partial charge in [0.1, 0.15) is 5.76 Å². The number of carbonyl (C=O) groups excluding carboxylic acids is 2.